The van der Waals surface area contributed by atoms with Gasteiger partial charge in [0.25, 0.3) is 0 Å². The molecule has 2 aromatic carbocycles. The quantitative estimate of drug-likeness (QED) is 0.871. The Kier molecular flexibility index (Phi) is 5.37. The molecule has 0 fully saturated rings. The highest BCUT2D eigenvalue weighted by atomic mass is 35.5. The van der Waals surface area contributed by atoms with Crippen LogP contribution in [-0.4, -0.2) is 5.91 Å². The zero-order chi connectivity index (χ0) is 15.2. The molecule has 0 saturated heterocycles. The summed E-state index contributed by atoms with van der Waals surface area (Å²) in [6, 6.07) is 15.8. The molecule has 0 bridgehead atoms. The maximum Gasteiger partial charge on any atom is 0.221 e. The van der Waals surface area contributed by atoms with E-state index in [9.17, 15) is 4.79 Å². The van der Waals surface area contributed by atoms with Crippen LogP contribution in [0.25, 0.3) is 0 Å². The first-order valence-electron chi connectivity index (χ1n) is 6.90. The Balaban J connectivity index is 2.04. The molecule has 0 aliphatic heterocycles. The molecule has 1 atom stereocenters. The molecular weight excluding hydrogens is 284 g/mol. The number of amides is 1. The molecule has 0 spiro atoms. The van der Waals surface area contributed by atoms with Crippen molar-refractivity contribution >= 4 is 23.2 Å². The van der Waals surface area contributed by atoms with Gasteiger partial charge in [0.1, 0.15) is 0 Å². The van der Waals surface area contributed by atoms with Gasteiger partial charge < -0.3 is 10.6 Å². The van der Waals surface area contributed by atoms with Gasteiger partial charge in [0.2, 0.25) is 5.91 Å². The molecule has 0 aliphatic carbocycles. The highest BCUT2D eigenvalue weighted by Crippen LogP contribution is 2.19. The van der Waals surface area contributed by atoms with E-state index < -0.39 is 0 Å². The predicted octanol–water partition coefficient (Wildman–Crippen LogP) is 4.15. The molecule has 0 aromatic heterocycles. The van der Waals surface area contributed by atoms with E-state index in [2.05, 4.69) is 17.6 Å². The van der Waals surface area contributed by atoms with Crippen LogP contribution < -0.4 is 10.6 Å². The van der Waals surface area contributed by atoms with E-state index in [1.165, 1.54) is 6.92 Å². The average Bonchev–Trinajstić information content (AvgIpc) is 2.45. The lowest BCUT2D eigenvalue weighted by Crippen LogP contribution is -2.19. The molecule has 0 heterocycles. The summed E-state index contributed by atoms with van der Waals surface area (Å²) in [7, 11) is 0. The van der Waals surface area contributed by atoms with Gasteiger partial charge in [-0.05, 0) is 36.2 Å². The molecule has 1 amide bonds. The number of benzene rings is 2. The minimum Gasteiger partial charge on any atom is -0.326 e. The fourth-order valence-corrected chi connectivity index (χ4v) is 2.34. The van der Waals surface area contributed by atoms with Crippen LogP contribution in [0, 0.1) is 0 Å². The average molecular weight is 303 g/mol. The van der Waals surface area contributed by atoms with E-state index in [0.717, 1.165) is 21.8 Å². The summed E-state index contributed by atoms with van der Waals surface area (Å²) in [5, 5.41) is 7.03. The van der Waals surface area contributed by atoms with Crippen molar-refractivity contribution in [1.29, 1.82) is 0 Å². The Morgan fingerprint density at radius 1 is 1.19 bits per heavy atom. The number of carbonyl (C=O) groups excluding carboxylic acids is 1. The lowest BCUT2D eigenvalue weighted by molar-refractivity contribution is -0.114. The van der Waals surface area contributed by atoms with E-state index in [1.54, 1.807) is 0 Å². The topological polar surface area (TPSA) is 41.1 Å². The normalized spacial score (nSPS) is 12.0. The van der Waals surface area contributed by atoms with E-state index in [1.807, 2.05) is 48.5 Å². The first-order chi connectivity index (χ1) is 10.1. The molecule has 0 saturated carbocycles. The van der Waals surface area contributed by atoms with Gasteiger partial charge in [-0.1, -0.05) is 41.9 Å². The third-order valence-corrected chi connectivity index (χ3v) is 3.51. The Morgan fingerprint density at radius 2 is 1.95 bits per heavy atom. The number of halogens is 1. The second kappa shape index (κ2) is 7.25. The molecule has 2 rings (SSSR count). The Bertz CT molecular complexity index is 628. The monoisotopic (exact) mass is 302 g/mol. The Labute approximate surface area is 130 Å². The highest BCUT2D eigenvalue weighted by Gasteiger charge is 2.08. The van der Waals surface area contributed by atoms with Crippen molar-refractivity contribution in [2.24, 2.45) is 0 Å². The summed E-state index contributed by atoms with van der Waals surface area (Å²) in [5.41, 5.74) is 3.04. The zero-order valence-corrected chi connectivity index (χ0v) is 12.9. The minimum absolute atomic E-state index is 0.0645. The van der Waals surface area contributed by atoms with E-state index >= 15 is 0 Å². The van der Waals surface area contributed by atoms with Crippen molar-refractivity contribution < 1.29 is 4.79 Å². The predicted molar refractivity (Wildman–Crippen MR) is 87.5 cm³/mol. The van der Waals surface area contributed by atoms with E-state index in [4.69, 9.17) is 11.6 Å². The Hall–Kier alpha value is -1.84. The van der Waals surface area contributed by atoms with Gasteiger partial charge in [-0.3, -0.25) is 4.79 Å². The molecule has 0 radical (unpaired) electrons. The number of anilines is 1. The van der Waals surface area contributed by atoms with Crippen LogP contribution in [0.15, 0.2) is 48.5 Å². The molecule has 1 unspecified atom stereocenters. The van der Waals surface area contributed by atoms with Crippen molar-refractivity contribution in [1.82, 2.24) is 5.32 Å². The largest absolute Gasteiger partial charge is 0.326 e. The van der Waals surface area contributed by atoms with Gasteiger partial charge in [0, 0.05) is 30.2 Å². The molecular formula is C17H19ClN2O. The Morgan fingerprint density at radius 3 is 2.67 bits per heavy atom. The van der Waals surface area contributed by atoms with Gasteiger partial charge in [0.05, 0.1) is 0 Å². The first-order valence-corrected chi connectivity index (χ1v) is 7.28. The maximum absolute atomic E-state index is 11.2. The molecule has 2 aromatic rings. The maximum atomic E-state index is 11.2. The molecule has 21 heavy (non-hydrogen) atoms. The SMILES string of the molecule is CC(=O)Nc1ccccc1CNC(C)c1cccc(Cl)c1. The number of hydrogen-bond acceptors (Lipinski definition) is 2. The van der Waals surface area contributed by atoms with Crippen LogP contribution in [0.5, 0.6) is 0 Å². The van der Waals surface area contributed by atoms with Crippen molar-refractivity contribution in [2.45, 2.75) is 26.4 Å². The lowest BCUT2D eigenvalue weighted by atomic mass is 10.1. The fourth-order valence-electron chi connectivity index (χ4n) is 2.14. The van der Waals surface area contributed by atoms with E-state index in [-0.39, 0.29) is 11.9 Å². The molecule has 2 N–H and O–H groups in total. The summed E-state index contributed by atoms with van der Waals surface area (Å²) in [6.45, 7) is 4.27. The van der Waals surface area contributed by atoms with Crippen molar-refractivity contribution in [2.75, 3.05) is 5.32 Å². The number of hydrogen-bond donors (Lipinski definition) is 2. The van der Waals surface area contributed by atoms with Crippen LogP contribution in [0.4, 0.5) is 5.69 Å². The van der Waals surface area contributed by atoms with Gasteiger partial charge in [-0.25, -0.2) is 0 Å². The van der Waals surface area contributed by atoms with Crippen molar-refractivity contribution in [3.63, 3.8) is 0 Å². The highest BCUT2D eigenvalue weighted by molar-refractivity contribution is 6.30. The van der Waals surface area contributed by atoms with E-state index in [0.29, 0.717) is 6.54 Å². The first kappa shape index (κ1) is 15.5. The zero-order valence-electron chi connectivity index (χ0n) is 12.2. The van der Waals surface area contributed by atoms with Gasteiger partial charge in [0.15, 0.2) is 0 Å². The van der Waals surface area contributed by atoms with Crippen molar-refractivity contribution in [3.8, 4) is 0 Å². The summed E-state index contributed by atoms with van der Waals surface area (Å²) >= 11 is 6.01. The minimum atomic E-state index is -0.0645. The second-order valence-corrected chi connectivity index (χ2v) is 5.43. The number of para-hydroxylation sites is 1. The van der Waals surface area contributed by atoms with Crippen LogP contribution in [-0.2, 0) is 11.3 Å². The summed E-state index contributed by atoms with van der Waals surface area (Å²) < 4.78 is 0. The molecule has 3 nitrogen and oxygen atoms in total. The van der Waals surface area contributed by atoms with Gasteiger partial charge in [-0.2, -0.15) is 0 Å². The summed E-state index contributed by atoms with van der Waals surface area (Å²) in [5.74, 6) is -0.0645. The van der Waals surface area contributed by atoms with Gasteiger partial charge >= 0.3 is 0 Å². The van der Waals surface area contributed by atoms with Gasteiger partial charge in [-0.15, -0.1) is 0 Å². The fraction of sp³-hybridized carbons (Fsp3) is 0.235. The van der Waals surface area contributed by atoms with Crippen LogP contribution in [0.3, 0.4) is 0 Å². The van der Waals surface area contributed by atoms with Crippen molar-refractivity contribution in [3.05, 3.63) is 64.7 Å². The third-order valence-electron chi connectivity index (χ3n) is 3.28. The number of rotatable bonds is 5. The smallest absolute Gasteiger partial charge is 0.221 e. The number of carbonyl (C=O) groups is 1. The molecule has 110 valence electrons. The van der Waals surface area contributed by atoms with Crippen LogP contribution >= 0.6 is 11.6 Å². The third kappa shape index (κ3) is 4.59. The molecule has 4 heteroatoms. The summed E-state index contributed by atoms with van der Waals surface area (Å²) in [6.07, 6.45) is 0. The van der Waals surface area contributed by atoms with Crippen LogP contribution in [0.1, 0.15) is 31.0 Å². The second-order valence-electron chi connectivity index (χ2n) is 5.00. The standard InChI is InChI=1S/C17H19ClN2O/c1-12(14-7-5-8-16(18)10-14)19-11-15-6-3-4-9-17(15)20-13(2)21/h3-10,12,19H,11H2,1-2H3,(H,20,21). The number of nitrogens with one attached hydrogen (secondary N) is 2. The molecule has 0 aliphatic rings. The van der Waals surface area contributed by atoms with Crippen LogP contribution in [0.2, 0.25) is 5.02 Å². The summed E-state index contributed by atoms with van der Waals surface area (Å²) in [4.78, 5) is 11.2. The lowest BCUT2D eigenvalue weighted by Gasteiger charge is -2.16.